The van der Waals surface area contributed by atoms with Crippen molar-refractivity contribution < 1.29 is 18.7 Å². The van der Waals surface area contributed by atoms with Crippen LogP contribution in [0.3, 0.4) is 0 Å². The minimum Gasteiger partial charge on any atom is -0.495 e. The number of anilines is 1. The fourth-order valence-corrected chi connectivity index (χ4v) is 3.27. The average molecular weight is 349 g/mol. The third-order valence-corrected chi connectivity index (χ3v) is 4.57. The van der Waals surface area contributed by atoms with Crippen LogP contribution in [0, 0.1) is 0 Å². The van der Waals surface area contributed by atoms with Crippen LogP contribution in [0.25, 0.3) is 11.5 Å². The Labute approximate surface area is 138 Å². The number of thiazole rings is 1. The van der Waals surface area contributed by atoms with Crippen LogP contribution in [-0.4, -0.2) is 23.9 Å². The second-order valence-corrected chi connectivity index (χ2v) is 6.15. The van der Waals surface area contributed by atoms with Crippen molar-refractivity contribution in [3.05, 3.63) is 39.6 Å². The topological polar surface area (TPSA) is 107 Å². The van der Waals surface area contributed by atoms with E-state index in [0.29, 0.717) is 27.2 Å². The van der Waals surface area contributed by atoms with Crippen molar-refractivity contribution in [3.8, 4) is 17.2 Å². The molecule has 9 heteroatoms. The number of hydrogen-bond acceptors (Lipinski definition) is 7. The van der Waals surface area contributed by atoms with E-state index in [-0.39, 0.29) is 11.5 Å². The molecule has 3 rings (SSSR count). The number of ether oxygens (including phenoxy) is 1. The highest BCUT2D eigenvalue weighted by atomic mass is 32.1. The van der Waals surface area contributed by atoms with E-state index in [9.17, 15) is 9.59 Å². The number of furan rings is 1. The van der Waals surface area contributed by atoms with Gasteiger partial charge in [-0.05, 0) is 17.5 Å². The highest BCUT2D eigenvalue weighted by molar-refractivity contribution is 7.14. The Morgan fingerprint density at radius 1 is 1.39 bits per heavy atom. The van der Waals surface area contributed by atoms with Gasteiger partial charge in [0.25, 0.3) is 11.8 Å². The highest BCUT2D eigenvalue weighted by Crippen LogP contribution is 2.29. The summed E-state index contributed by atoms with van der Waals surface area (Å²) in [6, 6.07) is 3.23. The van der Waals surface area contributed by atoms with Crippen molar-refractivity contribution in [1.29, 1.82) is 0 Å². The SMILES string of the molecule is COc1ccsc1C(=O)Nc1nc(-c2cc(C(N)=O)co2)cs1. The number of nitrogens with zero attached hydrogens (tertiary/aromatic N) is 1. The zero-order valence-corrected chi connectivity index (χ0v) is 13.5. The normalized spacial score (nSPS) is 10.5. The van der Waals surface area contributed by atoms with Crippen molar-refractivity contribution in [1.82, 2.24) is 4.98 Å². The molecule has 3 aromatic rings. The van der Waals surface area contributed by atoms with E-state index in [2.05, 4.69) is 10.3 Å². The molecule has 0 radical (unpaired) electrons. The largest absolute Gasteiger partial charge is 0.495 e. The number of nitrogens with two attached hydrogens (primary N) is 1. The van der Waals surface area contributed by atoms with Crippen LogP contribution in [0.15, 0.2) is 33.6 Å². The summed E-state index contributed by atoms with van der Waals surface area (Å²) in [5, 5.41) is 6.60. The summed E-state index contributed by atoms with van der Waals surface area (Å²) >= 11 is 2.53. The average Bonchev–Trinajstić information content (AvgIpc) is 3.26. The predicted molar refractivity (Wildman–Crippen MR) is 87.2 cm³/mol. The summed E-state index contributed by atoms with van der Waals surface area (Å²) in [5.41, 5.74) is 5.95. The van der Waals surface area contributed by atoms with Crippen molar-refractivity contribution in [2.75, 3.05) is 12.4 Å². The number of methoxy groups -OCH3 is 1. The summed E-state index contributed by atoms with van der Waals surface area (Å²) in [5.74, 6) is 0.0502. The number of carbonyl (C=O) groups is 2. The lowest BCUT2D eigenvalue weighted by molar-refractivity contribution is 0.0997. The van der Waals surface area contributed by atoms with Gasteiger partial charge in [0, 0.05) is 5.38 Å². The quantitative estimate of drug-likeness (QED) is 0.736. The minimum atomic E-state index is -0.575. The predicted octanol–water partition coefficient (Wildman–Crippen LogP) is 2.82. The van der Waals surface area contributed by atoms with Crippen LogP contribution in [0.2, 0.25) is 0 Å². The first kappa shape index (κ1) is 15.3. The van der Waals surface area contributed by atoms with Crippen molar-refractivity contribution in [3.63, 3.8) is 0 Å². The van der Waals surface area contributed by atoms with E-state index >= 15 is 0 Å². The van der Waals surface area contributed by atoms with Crippen molar-refractivity contribution >= 4 is 39.6 Å². The van der Waals surface area contributed by atoms with Crippen molar-refractivity contribution in [2.24, 2.45) is 5.73 Å². The van der Waals surface area contributed by atoms with Gasteiger partial charge in [0.05, 0.1) is 12.7 Å². The standard InChI is InChI=1S/C14H11N3O4S2/c1-20-9-2-3-22-11(9)13(19)17-14-16-8(6-23-14)10-4-7(5-21-10)12(15)18/h2-6H,1H3,(H2,15,18)(H,16,17,19). The van der Waals surface area contributed by atoms with Crippen LogP contribution in [0.4, 0.5) is 5.13 Å². The molecule has 0 atom stereocenters. The number of rotatable bonds is 5. The first-order valence-electron chi connectivity index (χ1n) is 6.35. The molecule has 3 aromatic heterocycles. The van der Waals surface area contributed by atoms with E-state index in [1.807, 2.05) is 0 Å². The second kappa shape index (κ2) is 6.23. The lowest BCUT2D eigenvalue weighted by Gasteiger charge is -2.01. The van der Waals surface area contributed by atoms with Crippen LogP contribution in [-0.2, 0) is 0 Å². The summed E-state index contributed by atoms with van der Waals surface area (Å²) in [6.45, 7) is 0. The molecule has 0 aliphatic heterocycles. The molecule has 0 saturated carbocycles. The zero-order valence-electron chi connectivity index (χ0n) is 11.9. The molecule has 0 saturated heterocycles. The summed E-state index contributed by atoms with van der Waals surface area (Å²) < 4.78 is 10.4. The zero-order chi connectivity index (χ0) is 16.4. The van der Waals surface area contributed by atoms with Gasteiger partial charge in [-0.1, -0.05) is 0 Å². The van der Waals surface area contributed by atoms with E-state index in [1.54, 1.807) is 16.8 Å². The first-order valence-corrected chi connectivity index (χ1v) is 8.11. The maximum atomic E-state index is 12.2. The monoisotopic (exact) mass is 349 g/mol. The molecule has 0 aliphatic carbocycles. The molecule has 23 heavy (non-hydrogen) atoms. The summed E-state index contributed by atoms with van der Waals surface area (Å²) in [6.07, 6.45) is 1.27. The lowest BCUT2D eigenvalue weighted by atomic mass is 10.3. The number of nitrogens with one attached hydrogen (secondary N) is 1. The molecule has 0 spiro atoms. The van der Waals surface area contributed by atoms with Crippen LogP contribution >= 0.6 is 22.7 Å². The first-order chi connectivity index (χ1) is 11.1. The number of aromatic nitrogens is 1. The van der Waals surface area contributed by atoms with Crippen LogP contribution in [0.1, 0.15) is 20.0 Å². The summed E-state index contributed by atoms with van der Waals surface area (Å²) in [7, 11) is 1.51. The van der Waals surface area contributed by atoms with Crippen molar-refractivity contribution in [2.45, 2.75) is 0 Å². The number of carbonyl (C=O) groups excluding carboxylic acids is 2. The molecule has 0 aromatic carbocycles. The summed E-state index contributed by atoms with van der Waals surface area (Å²) in [4.78, 5) is 28.0. The van der Waals surface area contributed by atoms with Gasteiger partial charge in [-0.2, -0.15) is 0 Å². The maximum Gasteiger partial charge on any atom is 0.271 e. The van der Waals surface area contributed by atoms with E-state index in [4.69, 9.17) is 14.9 Å². The second-order valence-electron chi connectivity index (χ2n) is 4.37. The van der Waals surface area contributed by atoms with Gasteiger partial charge in [0.1, 0.15) is 22.6 Å². The molecular weight excluding hydrogens is 338 g/mol. The molecular formula is C14H11N3O4S2. The van der Waals surface area contributed by atoms with Crippen LogP contribution < -0.4 is 15.8 Å². The van der Waals surface area contributed by atoms with E-state index in [1.165, 1.54) is 42.1 Å². The third kappa shape index (κ3) is 3.10. The fourth-order valence-electron chi connectivity index (χ4n) is 1.82. The molecule has 0 unspecified atom stereocenters. The van der Waals surface area contributed by atoms with Gasteiger partial charge in [0.2, 0.25) is 0 Å². The van der Waals surface area contributed by atoms with Gasteiger partial charge in [-0.25, -0.2) is 4.98 Å². The van der Waals surface area contributed by atoms with Gasteiger partial charge in [-0.15, -0.1) is 22.7 Å². The maximum absolute atomic E-state index is 12.2. The molecule has 118 valence electrons. The Bertz CT molecular complexity index is 865. The van der Waals surface area contributed by atoms with E-state index in [0.717, 1.165) is 0 Å². The smallest absolute Gasteiger partial charge is 0.271 e. The third-order valence-electron chi connectivity index (χ3n) is 2.92. The fraction of sp³-hybridized carbons (Fsp3) is 0.0714. The minimum absolute atomic E-state index is 0.266. The Balaban J connectivity index is 1.76. The molecule has 7 nitrogen and oxygen atoms in total. The molecule has 0 bridgehead atoms. The molecule has 3 N–H and O–H groups in total. The molecule has 0 aliphatic rings. The molecule has 0 fully saturated rings. The Kier molecular flexibility index (Phi) is 4.13. The number of primary amides is 1. The number of hydrogen-bond donors (Lipinski definition) is 2. The van der Waals surface area contributed by atoms with Gasteiger partial charge in [-0.3, -0.25) is 14.9 Å². The Morgan fingerprint density at radius 2 is 2.22 bits per heavy atom. The lowest BCUT2D eigenvalue weighted by Crippen LogP contribution is -2.10. The van der Waals surface area contributed by atoms with Gasteiger partial charge < -0.3 is 14.9 Å². The number of amides is 2. The Hall–Kier alpha value is -2.65. The van der Waals surface area contributed by atoms with Gasteiger partial charge in [0.15, 0.2) is 10.9 Å². The molecule has 3 heterocycles. The van der Waals surface area contributed by atoms with Gasteiger partial charge >= 0.3 is 0 Å². The number of thiophene rings is 1. The Morgan fingerprint density at radius 3 is 2.91 bits per heavy atom. The highest BCUT2D eigenvalue weighted by Gasteiger charge is 2.17. The molecule has 2 amide bonds. The van der Waals surface area contributed by atoms with E-state index < -0.39 is 5.91 Å². The van der Waals surface area contributed by atoms with Crippen LogP contribution in [0.5, 0.6) is 5.75 Å².